The Bertz CT molecular complexity index is 724. The topological polar surface area (TPSA) is 55.4 Å². The van der Waals surface area contributed by atoms with Gasteiger partial charge in [-0.3, -0.25) is 4.79 Å². The molecule has 1 aromatic carbocycles. The number of hydrogen-bond acceptors (Lipinski definition) is 4. The van der Waals surface area contributed by atoms with Gasteiger partial charge < -0.3 is 10.1 Å². The van der Waals surface area contributed by atoms with E-state index in [4.69, 9.17) is 16.3 Å². The van der Waals surface area contributed by atoms with Crippen molar-refractivity contribution >= 4 is 39.8 Å². The Kier molecular flexibility index (Phi) is 5.21. The first-order chi connectivity index (χ1) is 10.5. The number of carbonyl (C=O) groups excluding carboxylic acids is 2. The van der Waals surface area contributed by atoms with Crippen molar-refractivity contribution in [1.82, 2.24) is 0 Å². The van der Waals surface area contributed by atoms with Crippen LogP contribution in [-0.2, 0) is 9.53 Å². The van der Waals surface area contributed by atoms with Crippen LogP contribution >= 0.6 is 22.9 Å². The molecule has 1 aromatic heterocycles. The Morgan fingerprint density at radius 3 is 2.68 bits per heavy atom. The molecular formula is C16H16ClNO3S. The van der Waals surface area contributed by atoms with Gasteiger partial charge in [0, 0.05) is 21.9 Å². The molecule has 0 radical (unpaired) electrons. The molecule has 4 nitrogen and oxygen atoms in total. The number of esters is 1. The molecule has 0 aliphatic rings. The fourth-order valence-electron chi connectivity index (χ4n) is 2.14. The predicted octanol–water partition coefficient (Wildman–Crippen LogP) is 4.51. The number of benzene rings is 1. The molecule has 22 heavy (non-hydrogen) atoms. The van der Waals surface area contributed by atoms with Gasteiger partial charge in [-0.05, 0) is 24.6 Å². The van der Waals surface area contributed by atoms with Crippen LogP contribution in [0, 0.1) is 6.92 Å². The van der Waals surface area contributed by atoms with Crippen LogP contribution in [0.15, 0.2) is 24.3 Å². The van der Waals surface area contributed by atoms with E-state index >= 15 is 0 Å². The lowest BCUT2D eigenvalue weighted by molar-refractivity contribution is -0.115. The summed E-state index contributed by atoms with van der Waals surface area (Å²) in [4.78, 5) is 24.8. The molecule has 2 rings (SSSR count). The quantitative estimate of drug-likeness (QED) is 0.835. The molecule has 116 valence electrons. The van der Waals surface area contributed by atoms with Gasteiger partial charge in [0.25, 0.3) is 0 Å². The summed E-state index contributed by atoms with van der Waals surface area (Å²) in [5, 5.41) is 3.85. The van der Waals surface area contributed by atoms with E-state index in [0.717, 1.165) is 16.0 Å². The van der Waals surface area contributed by atoms with Gasteiger partial charge in [-0.15, -0.1) is 11.3 Å². The number of thiophene rings is 1. The van der Waals surface area contributed by atoms with Gasteiger partial charge in [-0.25, -0.2) is 4.79 Å². The summed E-state index contributed by atoms with van der Waals surface area (Å²) in [7, 11) is 1.32. The molecule has 0 saturated carbocycles. The summed E-state index contributed by atoms with van der Waals surface area (Å²) in [5.41, 5.74) is 1.93. The molecule has 1 heterocycles. The van der Waals surface area contributed by atoms with Crippen molar-refractivity contribution in [3.8, 4) is 11.1 Å². The second kappa shape index (κ2) is 6.94. The van der Waals surface area contributed by atoms with Crippen LogP contribution in [0.1, 0.15) is 28.6 Å². The standard InChI is InChI=1S/C16H16ClNO3S/c1-4-12(19)18-15-14(16(20)21-3)13(9(2)22-15)10-6-5-7-11(17)8-10/h5-8H,4H2,1-3H3,(H,18,19). The van der Waals surface area contributed by atoms with E-state index in [-0.39, 0.29) is 5.91 Å². The maximum atomic E-state index is 12.2. The second-order valence-corrected chi connectivity index (χ2v) is 6.30. The van der Waals surface area contributed by atoms with Gasteiger partial charge in [0.1, 0.15) is 10.6 Å². The molecule has 2 aromatic rings. The summed E-state index contributed by atoms with van der Waals surface area (Å²) in [5.74, 6) is -0.630. The number of amides is 1. The first-order valence-electron chi connectivity index (χ1n) is 6.75. The van der Waals surface area contributed by atoms with E-state index in [9.17, 15) is 9.59 Å². The Morgan fingerprint density at radius 1 is 1.36 bits per heavy atom. The van der Waals surface area contributed by atoms with Crippen LogP contribution in [0.3, 0.4) is 0 Å². The zero-order valence-electron chi connectivity index (χ0n) is 12.5. The number of rotatable bonds is 4. The molecule has 0 unspecified atom stereocenters. The fraction of sp³-hybridized carbons (Fsp3) is 0.250. The third-order valence-corrected chi connectivity index (χ3v) is 4.42. The minimum absolute atomic E-state index is 0.149. The van der Waals surface area contributed by atoms with E-state index < -0.39 is 5.97 Å². The first kappa shape index (κ1) is 16.5. The summed E-state index contributed by atoms with van der Waals surface area (Å²) in [6.07, 6.45) is 0.337. The van der Waals surface area contributed by atoms with Gasteiger partial charge in [-0.1, -0.05) is 30.7 Å². The second-order valence-electron chi connectivity index (χ2n) is 4.64. The van der Waals surface area contributed by atoms with Crippen molar-refractivity contribution in [3.63, 3.8) is 0 Å². The number of methoxy groups -OCH3 is 1. The first-order valence-corrected chi connectivity index (χ1v) is 7.94. The molecule has 6 heteroatoms. The molecule has 0 fully saturated rings. The SMILES string of the molecule is CCC(=O)Nc1sc(C)c(-c2cccc(Cl)c2)c1C(=O)OC. The molecular weight excluding hydrogens is 322 g/mol. The highest BCUT2D eigenvalue weighted by atomic mass is 35.5. The number of carbonyl (C=O) groups is 2. The highest BCUT2D eigenvalue weighted by Crippen LogP contribution is 2.40. The van der Waals surface area contributed by atoms with E-state index in [1.165, 1.54) is 18.4 Å². The van der Waals surface area contributed by atoms with Crippen LogP contribution in [0.25, 0.3) is 11.1 Å². The predicted molar refractivity (Wildman–Crippen MR) is 89.8 cm³/mol. The smallest absolute Gasteiger partial charge is 0.341 e. The van der Waals surface area contributed by atoms with E-state index in [1.54, 1.807) is 19.1 Å². The molecule has 1 N–H and O–H groups in total. The fourth-order valence-corrected chi connectivity index (χ4v) is 3.41. The number of aryl methyl sites for hydroxylation is 1. The number of nitrogens with one attached hydrogen (secondary N) is 1. The maximum Gasteiger partial charge on any atom is 0.341 e. The van der Waals surface area contributed by atoms with Crippen molar-refractivity contribution in [2.75, 3.05) is 12.4 Å². The summed E-state index contributed by atoms with van der Waals surface area (Å²) < 4.78 is 4.88. The third kappa shape index (κ3) is 3.31. The Morgan fingerprint density at radius 2 is 2.09 bits per heavy atom. The lowest BCUT2D eigenvalue weighted by Crippen LogP contribution is -2.12. The van der Waals surface area contributed by atoms with Gasteiger partial charge in [0.05, 0.1) is 7.11 Å². The lowest BCUT2D eigenvalue weighted by atomic mass is 10.0. The van der Waals surface area contributed by atoms with Crippen LogP contribution < -0.4 is 5.32 Å². The van der Waals surface area contributed by atoms with Gasteiger partial charge in [0.15, 0.2) is 0 Å². The van der Waals surface area contributed by atoms with Crippen LogP contribution in [-0.4, -0.2) is 19.0 Å². The van der Waals surface area contributed by atoms with Gasteiger partial charge >= 0.3 is 5.97 Å². The molecule has 0 saturated heterocycles. The summed E-state index contributed by atoms with van der Waals surface area (Å²) >= 11 is 7.40. The van der Waals surface area contributed by atoms with Crippen LogP contribution in [0.5, 0.6) is 0 Å². The van der Waals surface area contributed by atoms with E-state index in [1.807, 2.05) is 19.1 Å². The molecule has 0 atom stereocenters. The average Bonchev–Trinajstić information content (AvgIpc) is 2.82. The normalized spacial score (nSPS) is 10.4. The number of anilines is 1. The highest BCUT2D eigenvalue weighted by Gasteiger charge is 2.24. The molecule has 0 bridgehead atoms. The molecule has 0 aliphatic heterocycles. The van der Waals surface area contributed by atoms with Crippen molar-refractivity contribution in [3.05, 3.63) is 39.7 Å². The zero-order valence-corrected chi connectivity index (χ0v) is 14.1. The van der Waals surface area contributed by atoms with Gasteiger partial charge in [-0.2, -0.15) is 0 Å². The number of hydrogen-bond donors (Lipinski definition) is 1. The van der Waals surface area contributed by atoms with Crippen LogP contribution in [0.4, 0.5) is 5.00 Å². The van der Waals surface area contributed by atoms with E-state index in [0.29, 0.717) is 22.0 Å². The van der Waals surface area contributed by atoms with Gasteiger partial charge in [0.2, 0.25) is 5.91 Å². The average molecular weight is 338 g/mol. The van der Waals surface area contributed by atoms with Crippen LogP contribution in [0.2, 0.25) is 5.02 Å². The van der Waals surface area contributed by atoms with E-state index in [2.05, 4.69) is 5.32 Å². The summed E-state index contributed by atoms with van der Waals surface area (Å²) in [6.45, 7) is 3.65. The molecule has 0 spiro atoms. The maximum absolute atomic E-state index is 12.2. The number of halogens is 1. The highest BCUT2D eigenvalue weighted by molar-refractivity contribution is 7.17. The largest absolute Gasteiger partial charge is 0.465 e. The molecule has 1 amide bonds. The Balaban J connectivity index is 2.62. The summed E-state index contributed by atoms with van der Waals surface area (Å²) in [6, 6.07) is 7.25. The van der Waals surface area contributed by atoms with Crippen molar-refractivity contribution in [2.45, 2.75) is 20.3 Å². The Labute approximate surface area is 138 Å². The minimum Gasteiger partial charge on any atom is -0.465 e. The lowest BCUT2D eigenvalue weighted by Gasteiger charge is -2.08. The van der Waals surface area contributed by atoms with Crippen molar-refractivity contribution < 1.29 is 14.3 Å². The monoisotopic (exact) mass is 337 g/mol. The Hall–Kier alpha value is -1.85. The minimum atomic E-state index is -0.481. The molecule has 0 aliphatic carbocycles. The number of ether oxygens (including phenoxy) is 1. The van der Waals surface area contributed by atoms with Crippen molar-refractivity contribution in [1.29, 1.82) is 0 Å². The van der Waals surface area contributed by atoms with Crippen molar-refractivity contribution in [2.24, 2.45) is 0 Å². The zero-order chi connectivity index (χ0) is 16.3. The third-order valence-electron chi connectivity index (χ3n) is 3.16.